The van der Waals surface area contributed by atoms with Crippen molar-refractivity contribution in [2.75, 3.05) is 13.1 Å². The lowest BCUT2D eigenvalue weighted by Crippen LogP contribution is -2.39. The molecule has 1 amide bonds. The molecule has 1 saturated heterocycles. The van der Waals surface area contributed by atoms with Crippen molar-refractivity contribution in [2.24, 2.45) is 5.92 Å². The first-order valence-electron chi connectivity index (χ1n) is 8.85. The molecule has 0 atom stereocenters. The number of amides is 1. The molecule has 0 spiro atoms. The van der Waals surface area contributed by atoms with Crippen molar-refractivity contribution in [1.29, 1.82) is 0 Å². The molecule has 24 heavy (non-hydrogen) atoms. The molecule has 0 unspecified atom stereocenters. The number of rotatable bonds is 5. The number of piperidine rings is 1. The van der Waals surface area contributed by atoms with Crippen LogP contribution in [0.4, 0.5) is 0 Å². The van der Waals surface area contributed by atoms with E-state index in [4.69, 9.17) is 0 Å². The number of hydrogen-bond donors (Lipinski definition) is 0. The van der Waals surface area contributed by atoms with Crippen LogP contribution in [0.2, 0.25) is 0 Å². The van der Waals surface area contributed by atoms with Gasteiger partial charge in [0.05, 0.1) is 6.42 Å². The Kier molecular flexibility index (Phi) is 5.28. The van der Waals surface area contributed by atoms with E-state index in [-0.39, 0.29) is 5.91 Å². The number of nitrogens with zero attached hydrogens (tertiary/aromatic N) is 4. The zero-order valence-corrected chi connectivity index (χ0v) is 14.6. The maximum atomic E-state index is 12.5. The molecule has 2 aromatic rings. The second-order valence-corrected chi connectivity index (χ2v) is 6.73. The molecule has 1 aromatic heterocycles. The van der Waals surface area contributed by atoms with Crippen LogP contribution in [0, 0.1) is 12.8 Å². The summed E-state index contributed by atoms with van der Waals surface area (Å²) in [4.78, 5) is 14.5. The quantitative estimate of drug-likeness (QED) is 0.849. The van der Waals surface area contributed by atoms with Gasteiger partial charge in [-0.2, -0.15) is 0 Å². The Balaban J connectivity index is 1.50. The molecule has 3 rings (SSSR count). The van der Waals surface area contributed by atoms with Gasteiger partial charge < -0.3 is 9.47 Å². The number of aromatic nitrogens is 3. The largest absolute Gasteiger partial charge is 0.342 e. The first-order chi connectivity index (χ1) is 11.7. The average Bonchev–Trinajstić information content (AvgIpc) is 3.02. The highest BCUT2D eigenvalue weighted by molar-refractivity contribution is 5.78. The van der Waals surface area contributed by atoms with Crippen LogP contribution in [-0.2, 0) is 24.2 Å². The van der Waals surface area contributed by atoms with Gasteiger partial charge in [-0.3, -0.25) is 4.79 Å². The summed E-state index contributed by atoms with van der Waals surface area (Å²) in [5, 5.41) is 8.24. The van der Waals surface area contributed by atoms with Crippen LogP contribution in [0.5, 0.6) is 0 Å². The van der Waals surface area contributed by atoms with E-state index < -0.39 is 0 Å². The predicted molar refractivity (Wildman–Crippen MR) is 93.6 cm³/mol. The van der Waals surface area contributed by atoms with Crippen molar-refractivity contribution in [2.45, 2.75) is 46.1 Å². The summed E-state index contributed by atoms with van der Waals surface area (Å²) >= 11 is 0. The molecule has 1 aromatic carbocycles. The second kappa shape index (κ2) is 7.60. The first kappa shape index (κ1) is 16.7. The Labute approximate surface area is 143 Å². The summed E-state index contributed by atoms with van der Waals surface area (Å²) in [6, 6.07) is 8.22. The Morgan fingerprint density at radius 2 is 2.08 bits per heavy atom. The Hall–Kier alpha value is -2.17. The number of hydrogen-bond acceptors (Lipinski definition) is 3. The Morgan fingerprint density at radius 1 is 1.29 bits per heavy atom. The summed E-state index contributed by atoms with van der Waals surface area (Å²) in [6.45, 7) is 6.80. The molecule has 5 nitrogen and oxygen atoms in total. The lowest BCUT2D eigenvalue weighted by atomic mass is 9.93. The van der Waals surface area contributed by atoms with Crippen LogP contribution in [0.15, 0.2) is 30.6 Å². The molecular formula is C19H26N4O. The van der Waals surface area contributed by atoms with Crippen molar-refractivity contribution in [3.63, 3.8) is 0 Å². The highest BCUT2D eigenvalue weighted by Gasteiger charge is 2.24. The SMILES string of the molecule is CCn1cnnc1CC1CCN(C(=O)Cc2cccc(C)c2)CC1. The zero-order valence-electron chi connectivity index (χ0n) is 14.6. The van der Waals surface area contributed by atoms with E-state index in [9.17, 15) is 4.79 Å². The normalized spacial score (nSPS) is 15.7. The van der Waals surface area contributed by atoms with Gasteiger partial charge in [-0.15, -0.1) is 10.2 Å². The van der Waals surface area contributed by atoms with Gasteiger partial charge in [-0.1, -0.05) is 29.8 Å². The number of benzene rings is 1. The minimum atomic E-state index is 0.246. The van der Waals surface area contributed by atoms with Gasteiger partial charge in [-0.05, 0) is 38.2 Å². The van der Waals surface area contributed by atoms with Crippen LogP contribution in [-0.4, -0.2) is 38.7 Å². The first-order valence-corrected chi connectivity index (χ1v) is 8.85. The van der Waals surface area contributed by atoms with Gasteiger partial charge in [0.1, 0.15) is 12.2 Å². The molecular weight excluding hydrogens is 300 g/mol. The molecule has 5 heteroatoms. The summed E-state index contributed by atoms with van der Waals surface area (Å²) < 4.78 is 2.11. The summed E-state index contributed by atoms with van der Waals surface area (Å²) in [5.41, 5.74) is 2.32. The highest BCUT2D eigenvalue weighted by atomic mass is 16.2. The number of carbonyl (C=O) groups excluding carboxylic acids is 1. The van der Waals surface area contributed by atoms with Gasteiger partial charge in [0.2, 0.25) is 5.91 Å². The van der Waals surface area contributed by atoms with Crippen LogP contribution in [0.3, 0.4) is 0 Å². The van der Waals surface area contributed by atoms with Crippen molar-refractivity contribution < 1.29 is 4.79 Å². The number of aryl methyl sites for hydroxylation is 2. The van der Waals surface area contributed by atoms with Gasteiger partial charge in [0.25, 0.3) is 0 Å². The fourth-order valence-electron chi connectivity index (χ4n) is 3.45. The third-order valence-corrected chi connectivity index (χ3v) is 4.91. The van der Waals surface area contributed by atoms with E-state index in [1.165, 1.54) is 5.56 Å². The molecule has 0 N–H and O–H groups in total. The maximum Gasteiger partial charge on any atom is 0.226 e. The van der Waals surface area contributed by atoms with Crippen LogP contribution in [0.25, 0.3) is 0 Å². The van der Waals surface area contributed by atoms with Gasteiger partial charge in [-0.25, -0.2) is 0 Å². The fraction of sp³-hybridized carbons (Fsp3) is 0.526. The third-order valence-electron chi connectivity index (χ3n) is 4.91. The molecule has 0 bridgehead atoms. The lowest BCUT2D eigenvalue weighted by Gasteiger charge is -2.32. The van der Waals surface area contributed by atoms with Gasteiger partial charge in [0.15, 0.2) is 0 Å². The number of likely N-dealkylation sites (tertiary alicyclic amines) is 1. The molecule has 0 radical (unpaired) electrons. The summed E-state index contributed by atoms with van der Waals surface area (Å²) in [6.07, 6.45) is 5.38. The van der Waals surface area contributed by atoms with Crippen molar-refractivity contribution in [1.82, 2.24) is 19.7 Å². The van der Waals surface area contributed by atoms with Gasteiger partial charge >= 0.3 is 0 Å². The predicted octanol–water partition coefficient (Wildman–Crippen LogP) is 2.63. The molecule has 1 fully saturated rings. The second-order valence-electron chi connectivity index (χ2n) is 6.73. The van der Waals surface area contributed by atoms with Crippen molar-refractivity contribution in [3.05, 3.63) is 47.5 Å². The van der Waals surface area contributed by atoms with Crippen LogP contribution >= 0.6 is 0 Å². The minimum absolute atomic E-state index is 0.246. The summed E-state index contributed by atoms with van der Waals surface area (Å²) in [7, 11) is 0. The van der Waals surface area contributed by atoms with Crippen LogP contribution in [0.1, 0.15) is 36.7 Å². The van der Waals surface area contributed by atoms with E-state index in [0.29, 0.717) is 12.3 Å². The van der Waals surface area contributed by atoms with E-state index in [1.807, 2.05) is 17.0 Å². The van der Waals surface area contributed by atoms with E-state index in [1.54, 1.807) is 6.33 Å². The zero-order chi connectivity index (χ0) is 16.9. The molecule has 0 aliphatic carbocycles. The number of carbonyl (C=O) groups is 1. The molecule has 128 valence electrons. The van der Waals surface area contributed by atoms with E-state index >= 15 is 0 Å². The Morgan fingerprint density at radius 3 is 2.79 bits per heavy atom. The monoisotopic (exact) mass is 326 g/mol. The minimum Gasteiger partial charge on any atom is -0.342 e. The third kappa shape index (κ3) is 4.02. The standard InChI is InChI=1S/C19H26N4O/c1-3-22-14-20-21-18(22)12-16-7-9-23(10-8-16)19(24)13-17-6-4-5-15(2)11-17/h4-6,11,14,16H,3,7-10,12-13H2,1-2H3. The lowest BCUT2D eigenvalue weighted by molar-refractivity contribution is -0.131. The smallest absolute Gasteiger partial charge is 0.226 e. The molecule has 2 heterocycles. The van der Waals surface area contributed by atoms with Gasteiger partial charge in [0, 0.05) is 26.1 Å². The molecule has 1 aliphatic heterocycles. The van der Waals surface area contributed by atoms with Crippen molar-refractivity contribution in [3.8, 4) is 0 Å². The highest BCUT2D eigenvalue weighted by Crippen LogP contribution is 2.21. The average molecular weight is 326 g/mol. The van der Waals surface area contributed by atoms with E-state index in [2.05, 4.69) is 40.7 Å². The summed E-state index contributed by atoms with van der Waals surface area (Å²) in [5.74, 6) is 1.92. The van der Waals surface area contributed by atoms with Crippen molar-refractivity contribution >= 4 is 5.91 Å². The Bertz CT molecular complexity index is 686. The fourth-order valence-corrected chi connectivity index (χ4v) is 3.45. The van der Waals surface area contributed by atoms with E-state index in [0.717, 1.165) is 50.3 Å². The topological polar surface area (TPSA) is 51.0 Å². The van der Waals surface area contributed by atoms with Crippen LogP contribution < -0.4 is 0 Å². The molecule has 1 aliphatic rings. The maximum absolute atomic E-state index is 12.5. The molecule has 0 saturated carbocycles.